The van der Waals surface area contributed by atoms with E-state index in [1.54, 1.807) is 32.9 Å². The first-order valence-electron chi connectivity index (χ1n) is 6.89. The van der Waals surface area contributed by atoms with E-state index >= 15 is 0 Å². The van der Waals surface area contributed by atoms with Crippen molar-refractivity contribution in [2.75, 3.05) is 18.5 Å². The van der Waals surface area contributed by atoms with E-state index in [9.17, 15) is 9.59 Å². The lowest BCUT2D eigenvalue weighted by atomic mass is 10.1. The number of amides is 1. The molecule has 1 aromatic carbocycles. The van der Waals surface area contributed by atoms with Crippen molar-refractivity contribution in [2.45, 2.75) is 33.8 Å². The van der Waals surface area contributed by atoms with Gasteiger partial charge in [0.05, 0.1) is 19.3 Å². The Bertz CT molecular complexity index is 499. The summed E-state index contributed by atoms with van der Waals surface area (Å²) in [6, 6.07) is 4.75. The first-order chi connectivity index (χ1) is 9.97. The summed E-state index contributed by atoms with van der Waals surface area (Å²) in [6.07, 6.45) is -0.804. The molecule has 116 valence electrons. The second-order valence-corrected chi connectivity index (χ2v) is 4.44. The van der Waals surface area contributed by atoms with Gasteiger partial charge in [-0.2, -0.15) is 0 Å². The molecule has 0 aliphatic heterocycles. The van der Waals surface area contributed by atoms with Gasteiger partial charge in [-0.3, -0.25) is 5.32 Å². The van der Waals surface area contributed by atoms with Crippen molar-refractivity contribution in [1.82, 2.24) is 0 Å². The zero-order valence-corrected chi connectivity index (χ0v) is 12.8. The number of esters is 1. The Morgan fingerprint density at radius 2 is 1.90 bits per heavy atom. The Morgan fingerprint density at radius 1 is 1.19 bits per heavy atom. The van der Waals surface area contributed by atoms with E-state index in [4.69, 9.17) is 14.2 Å². The van der Waals surface area contributed by atoms with Gasteiger partial charge in [0.1, 0.15) is 11.3 Å². The van der Waals surface area contributed by atoms with Crippen LogP contribution in [0.5, 0.6) is 5.75 Å². The fourth-order valence-electron chi connectivity index (χ4n) is 1.62. The third-order valence-electron chi connectivity index (χ3n) is 2.36. The van der Waals surface area contributed by atoms with Crippen molar-refractivity contribution in [1.29, 1.82) is 0 Å². The number of anilines is 1. The minimum atomic E-state index is -0.580. The van der Waals surface area contributed by atoms with Crippen LogP contribution in [0, 0.1) is 0 Å². The van der Waals surface area contributed by atoms with Crippen LogP contribution in [0.1, 0.15) is 38.1 Å². The van der Waals surface area contributed by atoms with Gasteiger partial charge in [0, 0.05) is 5.69 Å². The topological polar surface area (TPSA) is 73.9 Å². The van der Waals surface area contributed by atoms with Crippen molar-refractivity contribution in [3.05, 3.63) is 23.8 Å². The van der Waals surface area contributed by atoms with Crippen LogP contribution in [0.3, 0.4) is 0 Å². The molecular formula is C15H21NO5. The predicted octanol–water partition coefficient (Wildman–Crippen LogP) is 3.22. The van der Waals surface area contributed by atoms with Crippen LogP contribution in [-0.4, -0.2) is 31.4 Å². The second kappa shape index (κ2) is 8.14. The summed E-state index contributed by atoms with van der Waals surface area (Å²) in [4.78, 5) is 23.5. The number of rotatable bonds is 6. The number of carbonyl (C=O) groups is 2. The standard InChI is InChI=1S/C15H21NO5/c1-5-19-13-8-7-11(16-15(18)21-10(3)4)9-12(13)14(17)20-6-2/h7-10H,5-6H2,1-4H3,(H,16,18). The minimum Gasteiger partial charge on any atom is -0.493 e. The predicted molar refractivity (Wildman–Crippen MR) is 78.8 cm³/mol. The average molecular weight is 295 g/mol. The fraction of sp³-hybridized carbons (Fsp3) is 0.467. The van der Waals surface area contributed by atoms with Crippen LogP contribution < -0.4 is 10.1 Å². The molecule has 0 bridgehead atoms. The van der Waals surface area contributed by atoms with Crippen LogP contribution in [0.25, 0.3) is 0 Å². The maximum absolute atomic E-state index is 11.9. The number of hydrogen-bond acceptors (Lipinski definition) is 5. The van der Waals surface area contributed by atoms with Gasteiger partial charge in [-0.15, -0.1) is 0 Å². The minimum absolute atomic E-state index is 0.225. The van der Waals surface area contributed by atoms with Crippen LogP contribution in [0.15, 0.2) is 18.2 Å². The maximum atomic E-state index is 11.9. The molecule has 0 saturated heterocycles. The van der Waals surface area contributed by atoms with Gasteiger partial charge >= 0.3 is 12.1 Å². The monoisotopic (exact) mass is 295 g/mol. The molecule has 0 heterocycles. The van der Waals surface area contributed by atoms with Crippen molar-refractivity contribution in [3.63, 3.8) is 0 Å². The molecule has 1 rings (SSSR count). The van der Waals surface area contributed by atoms with Gasteiger partial charge in [-0.05, 0) is 45.9 Å². The zero-order chi connectivity index (χ0) is 15.8. The molecule has 0 fully saturated rings. The van der Waals surface area contributed by atoms with Crippen LogP contribution in [0.2, 0.25) is 0 Å². The third kappa shape index (κ3) is 5.33. The Kier molecular flexibility index (Phi) is 6.52. The van der Waals surface area contributed by atoms with E-state index in [0.717, 1.165) is 0 Å². The Labute approximate surface area is 124 Å². The molecular weight excluding hydrogens is 274 g/mol. The van der Waals surface area contributed by atoms with Gasteiger partial charge < -0.3 is 14.2 Å². The summed E-state index contributed by atoms with van der Waals surface area (Å²) in [5.41, 5.74) is 0.702. The number of nitrogens with one attached hydrogen (secondary N) is 1. The first-order valence-corrected chi connectivity index (χ1v) is 6.89. The van der Waals surface area contributed by atoms with Gasteiger partial charge in [0.15, 0.2) is 0 Å². The van der Waals surface area contributed by atoms with Gasteiger partial charge in [-0.1, -0.05) is 0 Å². The second-order valence-electron chi connectivity index (χ2n) is 4.44. The summed E-state index contributed by atoms with van der Waals surface area (Å²) in [5, 5.41) is 2.56. The molecule has 6 nitrogen and oxygen atoms in total. The summed E-state index contributed by atoms with van der Waals surface area (Å²) in [7, 11) is 0. The van der Waals surface area contributed by atoms with E-state index in [2.05, 4.69) is 5.32 Å². The van der Waals surface area contributed by atoms with Gasteiger partial charge in [-0.25, -0.2) is 9.59 Å². The van der Waals surface area contributed by atoms with Crippen LogP contribution in [-0.2, 0) is 9.47 Å². The molecule has 0 spiro atoms. The van der Waals surface area contributed by atoms with E-state index in [1.807, 2.05) is 6.92 Å². The van der Waals surface area contributed by atoms with E-state index in [-0.39, 0.29) is 18.3 Å². The number of carbonyl (C=O) groups excluding carboxylic acids is 2. The van der Waals surface area contributed by atoms with E-state index in [0.29, 0.717) is 18.0 Å². The van der Waals surface area contributed by atoms with Crippen molar-refractivity contribution >= 4 is 17.7 Å². The molecule has 0 aromatic heterocycles. The first kappa shape index (κ1) is 16.8. The molecule has 0 aliphatic rings. The molecule has 0 radical (unpaired) electrons. The quantitative estimate of drug-likeness (QED) is 0.816. The Balaban J connectivity index is 2.95. The molecule has 1 aromatic rings. The summed E-state index contributed by atoms with van der Waals surface area (Å²) in [5.74, 6) is -0.0828. The number of ether oxygens (including phenoxy) is 3. The van der Waals surface area contributed by atoms with Gasteiger partial charge in [0.25, 0.3) is 0 Å². The molecule has 0 saturated carbocycles. The molecule has 1 N–H and O–H groups in total. The average Bonchev–Trinajstić information content (AvgIpc) is 2.40. The van der Waals surface area contributed by atoms with Crippen LogP contribution in [0.4, 0.5) is 10.5 Å². The van der Waals surface area contributed by atoms with Crippen molar-refractivity contribution in [3.8, 4) is 5.75 Å². The molecule has 0 aliphatic carbocycles. The highest BCUT2D eigenvalue weighted by atomic mass is 16.6. The Morgan fingerprint density at radius 3 is 2.48 bits per heavy atom. The van der Waals surface area contributed by atoms with Crippen molar-refractivity contribution in [2.24, 2.45) is 0 Å². The fourth-order valence-corrected chi connectivity index (χ4v) is 1.62. The maximum Gasteiger partial charge on any atom is 0.411 e. The van der Waals surface area contributed by atoms with Crippen molar-refractivity contribution < 1.29 is 23.8 Å². The summed E-state index contributed by atoms with van der Waals surface area (Å²) in [6.45, 7) is 7.73. The molecule has 6 heteroatoms. The van der Waals surface area contributed by atoms with Crippen LogP contribution >= 0.6 is 0 Å². The molecule has 1 amide bonds. The number of hydrogen-bond donors (Lipinski definition) is 1. The highest BCUT2D eigenvalue weighted by molar-refractivity contribution is 5.95. The lowest BCUT2D eigenvalue weighted by Crippen LogP contribution is -2.18. The lowest BCUT2D eigenvalue weighted by molar-refractivity contribution is 0.0522. The smallest absolute Gasteiger partial charge is 0.411 e. The normalized spacial score (nSPS) is 10.1. The SMILES string of the molecule is CCOC(=O)c1cc(NC(=O)OC(C)C)ccc1OCC. The lowest BCUT2D eigenvalue weighted by Gasteiger charge is -2.13. The van der Waals surface area contributed by atoms with E-state index < -0.39 is 12.1 Å². The third-order valence-corrected chi connectivity index (χ3v) is 2.36. The molecule has 21 heavy (non-hydrogen) atoms. The largest absolute Gasteiger partial charge is 0.493 e. The highest BCUT2D eigenvalue weighted by Crippen LogP contribution is 2.24. The summed E-state index contributed by atoms with van der Waals surface area (Å²) < 4.78 is 15.3. The number of benzene rings is 1. The molecule has 0 atom stereocenters. The van der Waals surface area contributed by atoms with Gasteiger partial charge in [0.2, 0.25) is 0 Å². The van der Waals surface area contributed by atoms with E-state index in [1.165, 1.54) is 6.07 Å². The Hall–Kier alpha value is -2.24. The highest BCUT2D eigenvalue weighted by Gasteiger charge is 2.16. The summed E-state index contributed by atoms with van der Waals surface area (Å²) >= 11 is 0. The zero-order valence-electron chi connectivity index (χ0n) is 12.8. The molecule has 0 unspecified atom stereocenters.